The molecule has 5 nitrogen and oxygen atoms in total. The van der Waals surface area contributed by atoms with Gasteiger partial charge in [0.15, 0.2) is 0 Å². The molecule has 2 aliphatic rings. The monoisotopic (exact) mass is 379 g/mol. The third-order valence-corrected chi connectivity index (χ3v) is 6.30. The number of carbonyl (C=O) groups excluding carboxylic acids is 1. The van der Waals surface area contributed by atoms with E-state index in [4.69, 9.17) is 9.72 Å². The van der Waals surface area contributed by atoms with Crippen molar-refractivity contribution in [1.29, 1.82) is 0 Å². The molecule has 1 unspecified atom stereocenters. The zero-order valence-corrected chi connectivity index (χ0v) is 16.9. The lowest BCUT2D eigenvalue weighted by Crippen LogP contribution is -2.48. The molecule has 2 heterocycles. The first kappa shape index (κ1) is 18.9. The number of fused-ring (bicyclic) bond motifs is 2. The summed E-state index contributed by atoms with van der Waals surface area (Å²) < 4.78 is 5.20. The van der Waals surface area contributed by atoms with Crippen molar-refractivity contribution in [2.24, 2.45) is 0 Å². The highest BCUT2D eigenvalue weighted by atomic mass is 16.5. The smallest absolute Gasteiger partial charge is 0.222 e. The molecule has 1 fully saturated rings. The van der Waals surface area contributed by atoms with Crippen molar-refractivity contribution in [2.75, 3.05) is 20.2 Å². The fourth-order valence-electron chi connectivity index (χ4n) is 4.77. The largest absolute Gasteiger partial charge is 0.497 e. The summed E-state index contributed by atoms with van der Waals surface area (Å²) >= 11 is 0. The van der Waals surface area contributed by atoms with Crippen molar-refractivity contribution in [3.63, 3.8) is 0 Å². The van der Waals surface area contributed by atoms with Gasteiger partial charge in [0.2, 0.25) is 5.91 Å². The predicted molar refractivity (Wildman–Crippen MR) is 109 cm³/mol. The Hall–Kier alpha value is -2.43. The van der Waals surface area contributed by atoms with Crippen LogP contribution in [0.1, 0.15) is 54.7 Å². The van der Waals surface area contributed by atoms with Crippen LogP contribution < -0.4 is 4.74 Å². The van der Waals surface area contributed by atoms with Crippen LogP contribution in [0.4, 0.5) is 0 Å². The Balaban J connectivity index is 1.36. The molecule has 1 aromatic carbocycles. The van der Waals surface area contributed by atoms with Crippen LogP contribution >= 0.6 is 0 Å². The Morgan fingerprint density at radius 2 is 2.07 bits per heavy atom. The highest BCUT2D eigenvalue weighted by molar-refractivity contribution is 5.76. The van der Waals surface area contributed by atoms with Gasteiger partial charge in [0.25, 0.3) is 0 Å². The van der Waals surface area contributed by atoms with E-state index in [2.05, 4.69) is 22.0 Å². The number of piperidine rings is 1. The average Bonchev–Trinajstić information content (AvgIpc) is 3.05. The predicted octanol–water partition coefficient (Wildman–Crippen LogP) is 3.62. The zero-order chi connectivity index (χ0) is 19.6. The van der Waals surface area contributed by atoms with Crippen molar-refractivity contribution in [3.05, 3.63) is 53.1 Å². The Morgan fingerprint density at radius 1 is 1.25 bits per heavy atom. The Bertz CT molecular complexity index is 845. The number of benzene rings is 1. The van der Waals surface area contributed by atoms with E-state index in [-0.39, 0.29) is 11.3 Å². The van der Waals surface area contributed by atoms with Gasteiger partial charge in [0, 0.05) is 31.1 Å². The number of aryl methyl sites for hydroxylation is 3. The second-order valence-electron chi connectivity index (χ2n) is 8.19. The molecule has 4 rings (SSSR count). The van der Waals surface area contributed by atoms with Crippen molar-refractivity contribution in [3.8, 4) is 5.75 Å². The molecular weight excluding hydrogens is 350 g/mol. The molecule has 1 aliphatic heterocycles. The first-order valence-electron chi connectivity index (χ1n) is 10.3. The lowest BCUT2D eigenvalue weighted by Gasteiger charge is -2.40. The van der Waals surface area contributed by atoms with E-state index in [0.29, 0.717) is 6.42 Å². The minimum absolute atomic E-state index is 0.0485. The number of hydrogen-bond acceptors (Lipinski definition) is 4. The van der Waals surface area contributed by atoms with E-state index in [1.807, 2.05) is 25.3 Å². The maximum Gasteiger partial charge on any atom is 0.222 e. The SMILES string of the molecule is COc1ccc(CCCC(=O)N2CCCC3(CCc4cnc(C)nc43)C2)cc1. The first-order valence-corrected chi connectivity index (χ1v) is 10.3. The standard InChI is InChI=1S/C23H29N3O2/c1-17-24-15-19-11-13-23(22(19)25-17)12-4-14-26(16-23)21(27)6-3-5-18-7-9-20(28-2)10-8-18/h7-10,15H,3-6,11-14,16H2,1-2H3. The van der Waals surface area contributed by atoms with E-state index in [0.717, 1.165) is 63.2 Å². The van der Waals surface area contributed by atoms with E-state index >= 15 is 0 Å². The molecule has 1 saturated heterocycles. The Labute approximate surface area is 167 Å². The van der Waals surface area contributed by atoms with Crippen LogP contribution in [0.5, 0.6) is 5.75 Å². The van der Waals surface area contributed by atoms with E-state index in [1.165, 1.54) is 16.8 Å². The maximum atomic E-state index is 12.9. The highest BCUT2D eigenvalue weighted by Crippen LogP contribution is 2.43. The molecule has 5 heteroatoms. The molecule has 0 radical (unpaired) electrons. The van der Waals surface area contributed by atoms with E-state index in [9.17, 15) is 4.79 Å². The minimum Gasteiger partial charge on any atom is -0.497 e. The minimum atomic E-state index is 0.0485. The highest BCUT2D eigenvalue weighted by Gasteiger charge is 2.44. The molecule has 1 aliphatic carbocycles. The number of carbonyl (C=O) groups is 1. The molecule has 1 spiro atoms. The van der Waals surface area contributed by atoms with E-state index < -0.39 is 0 Å². The molecule has 148 valence electrons. The van der Waals surface area contributed by atoms with Gasteiger partial charge in [-0.1, -0.05) is 12.1 Å². The molecule has 1 amide bonds. The van der Waals surface area contributed by atoms with E-state index in [1.54, 1.807) is 7.11 Å². The van der Waals surface area contributed by atoms with Gasteiger partial charge in [0.1, 0.15) is 11.6 Å². The summed E-state index contributed by atoms with van der Waals surface area (Å²) in [6, 6.07) is 8.12. The van der Waals surface area contributed by atoms with Crippen LogP contribution in [0.2, 0.25) is 0 Å². The van der Waals surface area contributed by atoms with Gasteiger partial charge in [0.05, 0.1) is 12.8 Å². The van der Waals surface area contributed by atoms with Gasteiger partial charge in [-0.2, -0.15) is 0 Å². The summed E-state index contributed by atoms with van der Waals surface area (Å²) in [4.78, 5) is 24.1. The third-order valence-electron chi connectivity index (χ3n) is 6.30. The quantitative estimate of drug-likeness (QED) is 0.796. The van der Waals surface area contributed by atoms with Crippen LogP contribution in [0, 0.1) is 6.92 Å². The Morgan fingerprint density at radius 3 is 2.86 bits per heavy atom. The Kier molecular flexibility index (Phi) is 5.33. The van der Waals surface area contributed by atoms with Gasteiger partial charge in [-0.25, -0.2) is 9.97 Å². The lowest BCUT2D eigenvalue weighted by molar-refractivity contribution is -0.133. The average molecular weight is 380 g/mol. The number of methoxy groups -OCH3 is 1. The van der Waals surface area contributed by atoms with Gasteiger partial charge >= 0.3 is 0 Å². The summed E-state index contributed by atoms with van der Waals surface area (Å²) in [7, 11) is 1.68. The second kappa shape index (κ2) is 7.90. The summed E-state index contributed by atoms with van der Waals surface area (Å²) in [6.07, 6.45) is 8.72. The fourth-order valence-corrected chi connectivity index (χ4v) is 4.77. The molecule has 0 saturated carbocycles. The normalized spacial score (nSPS) is 21.0. The molecule has 2 aromatic rings. The van der Waals surface area contributed by atoms with Crippen LogP contribution in [-0.2, 0) is 23.1 Å². The second-order valence-corrected chi connectivity index (χ2v) is 8.19. The summed E-state index contributed by atoms with van der Waals surface area (Å²) in [5.41, 5.74) is 3.78. The number of ether oxygens (including phenoxy) is 1. The van der Waals surface area contributed by atoms with Gasteiger partial charge in [-0.15, -0.1) is 0 Å². The van der Waals surface area contributed by atoms with Crippen LogP contribution in [0.3, 0.4) is 0 Å². The zero-order valence-electron chi connectivity index (χ0n) is 16.9. The van der Waals surface area contributed by atoms with Crippen LogP contribution in [0.25, 0.3) is 0 Å². The van der Waals surface area contributed by atoms with Crippen molar-refractivity contribution < 1.29 is 9.53 Å². The van der Waals surface area contributed by atoms with Crippen molar-refractivity contribution in [1.82, 2.24) is 14.9 Å². The van der Waals surface area contributed by atoms with Gasteiger partial charge in [-0.3, -0.25) is 4.79 Å². The molecule has 1 aromatic heterocycles. The van der Waals surface area contributed by atoms with Gasteiger partial charge < -0.3 is 9.64 Å². The number of rotatable bonds is 5. The van der Waals surface area contributed by atoms with Crippen LogP contribution in [0.15, 0.2) is 30.5 Å². The number of likely N-dealkylation sites (tertiary alicyclic amines) is 1. The number of aromatic nitrogens is 2. The molecule has 0 N–H and O–H groups in total. The summed E-state index contributed by atoms with van der Waals surface area (Å²) in [5.74, 6) is 1.99. The lowest BCUT2D eigenvalue weighted by atomic mass is 9.77. The number of hydrogen-bond donors (Lipinski definition) is 0. The first-order chi connectivity index (χ1) is 13.6. The maximum absolute atomic E-state index is 12.9. The van der Waals surface area contributed by atoms with Crippen molar-refractivity contribution in [2.45, 2.75) is 57.3 Å². The molecule has 28 heavy (non-hydrogen) atoms. The number of amides is 1. The molecular formula is C23H29N3O2. The van der Waals surface area contributed by atoms with Crippen LogP contribution in [-0.4, -0.2) is 41.0 Å². The summed E-state index contributed by atoms with van der Waals surface area (Å²) in [5, 5.41) is 0. The van der Waals surface area contributed by atoms with Gasteiger partial charge in [-0.05, 0) is 68.7 Å². The fraction of sp³-hybridized carbons (Fsp3) is 0.522. The topological polar surface area (TPSA) is 55.3 Å². The number of nitrogens with zero attached hydrogens (tertiary/aromatic N) is 3. The molecule has 0 bridgehead atoms. The molecule has 1 atom stereocenters. The third kappa shape index (κ3) is 3.75. The summed E-state index contributed by atoms with van der Waals surface area (Å²) in [6.45, 7) is 3.65. The van der Waals surface area contributed by atoms with Crippen molar-refractivity contribution >= 4 is 5.91 Å².